The second-order valence-corrected chi connectivity index (χ2v) is 8.68. The van der Waals surface area contributed by atoms with E-state index in [1.54, 1.807) is 0 Å². The summed E-state index contributed by atoms with van der Waals surface area (Å²) in [5.74, 6) is 1.81. The summed E-state index contributed by atoms with van der Waals surface area (Å²) in [5, 5.41) is 4.68. The summed E-state index contributed by atoms with van der Waals surface area (Å²) in [6.07, 6.45) is 6.52. The number of carbonyl (C=O) groups excluding carboxylic acids is 1. The van der Waals surface area contributed by atoms with Crippen LogP contribution in [0.1, 0.15) is 55.1 Å². The van der Waals surface area contributed by atoms with Crippen molar-refractivity contribution >= 4 is 34.3 Å². The number of amides is 1. The molecular formula is C24H27NO3S. The van der Waals surface area contributed by atoms with Crippen LogP contribution in [0.5, 0.6) is 5.75 Å². The van der Waals surface area contributed by atoms with Crippen molar-refractivity contribution in [1.29, 1.82) is 0 Å². The zero-order chi connectivity index (χ0) is 20.1. The number of furan rings is 1. The maximum Gasteiger partial charge on any atom is 0.291 e. The Labute approximate surface area is 176 Å². The lowest BCUT2D eigenvalue weighted by molar-refractivity contribution is 0.0998. The van der Waals surface area contributed by atoms with Gasteiger partial charge in [0.05, 0.1) is 6.61 Å². The fourth-order valence-electron chi connectivity index (χ4n) is 3.85. The van der Waals surface area contributed by atoms with Gasteiger partial charge in [-0.3, -0.25) is 4.79 Å². The molecule has 5 heteroatoms. The number of nitrogens with one attached hydrogen (secondary N) is 1. The minimum atomic E-state index is -0.204. The highest BCUT2D eigenvalue weighted by molar-refractivity contribution is 7.99. The van der Waals surface area contributed by atoms with Crippen LogP contribution in [0.25, 0.3) is 11.0 Å². The van der Waals surface area contributed by atoms with Crippen molar-refractivity contribution in [2.75, 3.05) is 11.9 Å². The molecular weight excluding hydrogens is 382 g/mol. The molecule has 4 nitrogen and oxygen atoms in total. The molecule has 3 aromatic rings. The number of anilines is 1. The predicted octanol–water partition coefficient (Wildman–Crippen LogP) is 6.65. The third kappa shape index (κ3) is 4.78. The summed E-state index contributed by atoms with van der Waals surface area (Å²) in [7, 11) is 0. The molecule has 1 N–H and O–H groups in total. The van der Waals surface area contributed by atoms with Gasteiger partial charge in [-0.05, 0) is 50.1 Å². The smallest absolute Gasteiger partial charge is 0.291 e. The van der Waals surface area contributed by atoms with Crippen LogP contribution in [0.4, 0.5) is 5.69 Å². The average Bonchev–Trinajstić information content (AvgIpc) is 3.13. The second-order valence-electron chi connectivity index (χ2n) is 7.39. The number of thioether (sulfide) groups is 1. The van der Waals surface area contributed by atoms with Gasteiger partial charge in [-0.15, -0.1) is 0 Å². The normalized spacial score (nSPS) is 14.8. The minimum Gasteiger partial charge on any atom is -0.494 e. The quantitative estimate of drug-likeness (QED) is 0.475. The van der Waals surface area contributed by atoms with Crippen LogP contribution in [0.15, 0.2) is 52.9 Å². The van der Waals surface area contributed by atoms with Gasteiger partial charge >= 0.3 is 0 Å². The molecule has 1 aliphatic carbocycles. The highest BCUT2D eigenvalue weighted by atomic mass is 32.2. The van der Waals surface area contributed by atoms with Crippen LogP contribution in [-0.4, -0.2) is 17.8 Å². The van der Waals surface area contributed by atoms with E-state index in [2.05, 4.69) is 5.32 Å². The SMILES string of the molecule is CCOc1ccc(NC(=O)c2oc3ccccc3c2CSC2CCCCC2)cc1. The van der Waals surface area contributed by atoms with Gasteiger partial charge in [0.25, 0.3) is 5.91 Å². The number of hydrogen-bond acceptors (Lipinski definition) is 4. The van der Waals surface area contributed by atoms with Crippen molar-refractivity contribution < 1.29 is 13.9 Å². The summed E-state index contributed by atoms with van der Waals surface area (Å²) >= 11 is 1.96. The zero-order valence-corrected chi connectivity index (χ0v) is 17.6. The predicted molar refractivity (Wildman–Crippen MR) is 120 cm³/mol. The molecule has 1 fully saturated rings. The summed E-state index contributed by atoms with van der Waals surface area (Å²) in [6, 6.07) is 15.3. The Hall–Kier alpha value is -2.40. The Kier molecular flexibility index (Phi) is 6.45. The van der Waals surface area contributed by atoms with Gasteiger partial charge in [0.15, 0.2) is 5.76 Å². The number of rotatable bonds is 7. The number of benzene rings is 2. The maximum absolute atomic E-state index is 13.0. The molecule has 1 saturated carbocycles. The minimum absolute atomic E-state index is 0.204. The average molecular weight is 410 g/mol. The first kappa shape index (κ1) is 19.9. The van der Waals surface area contributed by atoms with Gasteiger partial charge in [0.2, 0.25) is 0 Å². The van der Waals surface area contributed by atoms with Gasteiger partial charge in [0, 0.05) is 27.6 Å². The molecule has 1 aliphatic rings. The lowest BCUT2D eigenvalue weighted by Crippen LogP contribution is -2.13. The fourth-order valence-corrected chi connectivity index (χ4v) is 5.20. The number of fused-ring (bicyclic) bond motifs is 1. The summed E-state index contributed by atoms with van der Waals surface area (Å²) in [5.41, 5.74) is 2.49. The monoisotopic (exact) mass is 409 g/mol. The summed E-state index contributed by atoms with van der Waals surface area (Å²) < 4.78 is 11.5. The molecule has 0 aliphatic heterocycles. The molecule has 0 radical (unpaired) electrons. The fraction of sp³-hybridized carbons (Fsp3) is 0.375. The van der Waals surface area contributed by atoms with Crippen molar-refractivity contribution in [3.05, 3.63) is 59.9 Å². The lowest BCUT2D eigenvalue weighted by Gasteiger charge is -2.20. The third-order valence-corrected chi connectivity index (χ3v) is 6.74. The van der Waals surface area contributed by atoms with Crippen molar-refractivity contribution in [2.24, 2.45) is 0 Å². The molecule has 4 rings (SSSR count). The van der Waals surface area contributed by atoms with Crippen molar-refractivity contribution in [3.8, 4) is 5.75 Å². The molecule has 152 valence electrons. The van der Waals surface area contributed by atoms with E-state index in [1.165, 1.54) is 32.1 Å². The van der Waals surface area contributed by atoms with Gasteiger partial charge in [-0.1, -0.05) is 37.5 Å². The van der Waals surface area contributed by atoms with Gasteiger partial charge in [-0.25, -0.2) is 0 Å². The van der Waals surface area contributed by atoms with E-state index in [1.807, 2.05) is 67.2 Å². The van der Waals surface area contributed by atoms with Crippen LogP contribution < -0.4 is 10.1 Å². The van der Waals surface area contributed by atoms with Crippen molar-refractivity contribution in [2.45, 2.75) is 50.0 Å². The number of hydrogen-bond donors (Lipinski definition) is 1. The summed E-state index contributed by atoms with van der Waals surface area (Å²) in [4.78, 5) is 13.0. The standard InChI is InChI=1S/C24H27NO3S/c1-2-27-18-14-12-17(13-15-18)25-24(26)23-21(16-29-19-8-4-3-5-9-19)20-10-6-7-11-22(20)28-23/h6-7,10-15,19H,2-5,8-9,16H2,1H3,(H,25,26). The molecule has 0 saturated heterocycles. The Bertz CT molecular complexity index is 958. The van der Waals surface area contributed by atoms with E-state index < -0.39 is 0 Å². The van der Waals surface area contributed by atoms with E-state index in [9.17, 15) is 4.79 Å². The molecule has 0 spiro atoms. The highest BCUT2D eigenvalue weighted by Gasteiger charge is 2.22. The van der Waals surface area contributed by atoms with E-state index in [4.69, 9.17) is 9.15 Å². The first-order valence-electron chi connectivity index (χ1n) is 10.4. The molecule has 2 aromatic carbocycles. The lowest BCUT2D eigenvalue weighted by atomic mass is 10.0. The molecule has 0 bridgehead atoms. The largest absolute Gasteiger partial charge is 0.494 e. The Morgan fingerprint density at radius 1 is 1.10 bits per heavy atom. The van der Waals surface area contributed by atoms with Gasteiger partial charge in [0.1, 0.15) is 11.3 Å². The van der Waals surface area contributed by atoms with Crippen LogP contribution >= 0.6 is 11.8 Å². The van der Waals surface area contributed by atoms with E-state index in [0.717, 1.165) is 33.7 Å². The molecule has 1 aromatic heterocycles. The highest BCUT2D eigenvalue weighted by Crippen LogP contribution is 2.35. The van der Waals surface area contributed by atoms with E-state index >= 15 is 0 Å². The maximum atomic E-state index is 13.0. The summed E-state index contributed by atoms with van der Waals surface area (Å²) in [6.45, 7) is 2.57. The molecule has 1 amide bonds. The molecule has 1 heterocycles. The van der Waals surface area contributed by atoms with Crippen LogP contribution in [0.3, 0.4) is 0 Å². The van der Waals surface area contributed by atoms with Crippen LogP contribution in [-0.2, 0) is 5.75 Å². The Morgan fingerprint density at radius 3 is 2.62 bits per heavy atom. The number of para-hydroxylation sites is 1. The Balaban J connectivity index is 1.54. The van der Waals surface area contributed by atoms with Crippen LogP contribution in [0, 0.1) is 0 Å². The molecule has 0 atom stereocenters. The van der Waals surface area contributed by atoms with Gasteiger partial charge < -0.3 is 14.5 Å². The van der Waals surface area contributed by atoms with E-state index in [0.29, 0.717) is 17.6 Å². The first-order chi connectivity index (χ1) is 14.2. The number of ether oxygens (including phenoxy) is 1. The van der Waals surface area contributed by atoms with E-state index in [-0.39, 0.29) is 5.91 Å². The first-order valence-corrected chi connectivity index (χ1v) is 11.5. The molecule has 0 unspecified atom stereocenters. The van der Waals surface area contributed by atoms with Crippen molar-refractivity contribution in [3.63, 3.8) is 0 Å². The van der Waals surface area contributed by atoms with Crippen LogP contribution in [0.2, 0.25) is 0 Å². The molecule has 29 heavy (non-hydrogen) atoms. The van der Waals surface area contributed by atoms with Gasteiger partial charge in [-0.2, -0.15) is 11.8 Å². The second kappa shape index (κ2) is 9.40. The zero-order valence-electron chi connectivity index (χ0n) is 16.8. The number of carbonyl (C=O) groups is 1. The Morgan fingerprint density at radius 2 is 1.86 bits per heavy atom. The van der Waals surface area contributed by atoms with Crippen molar-refractivity contribution in [1.82, 2.24) is 0 Å². The topological polar surface area (TPSA) is 51.5 Å². The third-order valence-electron chi connectivity index (χ3n) is 5.34.